The molecule has 0 saturated heterocycles. The summed E-state index contributed by atoms with van der Waals surface area (Å²) < 4.78 is 0. The molecule has 4 nitrogen and oxygen atoms in total. The van der Waals surface area contributed by atoms with Gasteiger partial charge in [0.05, 0.1) is 6.42 Å². The number of nitrogens with one attached hydrogen (secondary N) is 2. The Labute approximate surface area is 113 Å². The Morgan fingerprint density at radius 2 is 1.89 bits per heavy atom. The first kappa shape index (κ1) is 13.3. The number of rotatable bonds is 3. The fourth-order valence-electron chi connectivity index (χ4n) is 1.81. The molecule has 0 aliphatic carbocycles. The average Bonchev–Trinajstić information content (AvgIpc) is 2.81. The number of aromatic nitrogens is 2. The second-order valence-corrected chi connectivity index (χ2v) is 5.63. The molecule has 0 bridgehead atoms. The summed E-state index contributed by atoms with van der Waals surface area (Å²) in [6, 6.07) is 9.76. The predicted molar refractivity (Wildman–Crippen MR) is 76.1 cm³/mol. The third-order valence-electron chi connectivity index (χ3n) is 2.94. The van der Waals surface area contributed by atoms with Crippen LogP contribution >= 0.6 is 0 Å². The lowest BCUT2D eigenvalue weighted by Crippen LogP contribution is -2.15. The molecule has 2 aromatic rings. The molecule has 100 valence electrons. The summed E-state index contributed by atoms with van der Waals surface area (Å²) in [5.74, 6) is -0.0484. The molecule has 0 fully saturated rings. The van der Waals surface area contributed by atoms with Gasteiger partial charge in [-0.25, -0.2) is 0 Å². The zero-order valence-corrected chi connectivity index (χ0v) is 11.5. The van der Waals surface area contributed by atoms with Crippen molar-refractivity contribution in [3.05, 3.63) is 47.8 Å². The minimum atomic E-state index is -0.0484. The van der Waals surface area contributed by atoms with E-state index in [2.05, 4.69) is 36.3 Å². The number of anilines is 1. The highest BCUT2D eigenvalue weighted by molar-refractivity contribution is 5.91. The van der Waals surface area contributed by atoms with E-state index in [0.29, 0.717) is 6.42 Å². The van der Waals surface area contributed by atoms with Crippen LogP contribution in [0.4, 0.5) is 5.69 Å². The molecule has 1 amide bonds. The van der Waals surface area contributed by atoms with Crippen LogP contribution in [0.1, 0.15) is 32.0 Å². The monoisotopic (exact) mass is 257 g/mol. The number of carbonyl (C=O) groups excluding carboxylic acids is 1. The normalized spacial score (nSPS) is 11.3. The fourth-order valence-corrected chi connectivity index (χ4v) is 1.81. The summed E-state index contributed by atoms with van der Waals surface area (Å²) in [6.07, 6.45) is 1.95. The maximum Gasteiger partial charge on any atom is 0.230 e. The number of hydrogen-bond acceptors (Lipinski definition) is 2. The Balaban J connectivity index is 1.98. The number of aromatic amines is 1. The molecule has 2 N–H and O–H groups in total. The first-order valence-electron chi connectivity index (χ1n) is 6.34. The highest BCUT2D eigenvalue weighted by Crippen LogP contribution is 2.23. The first-order chi connectivity index (χ1) is 8.95. The van der Waals surface area contributed by atoms with Crippen LogP contribution in [0, 0.1) is 0 Å². The van der Waals surface area contributed by atoms with Gasteiger partial charge in [-0.05, 0) is 29.2 Å². The van der Waals surface area contributed by atoms with Crippen molar-refractivity contribution in [2.45, 2.75) is 32.6 Å². The second kappa shape index (κ2) is 5.26. The van der Waals surface area contributed by atoms with E-state index in [1.54, 1.807) is 12.3 Å². The molecule has 0 saturated carbocycles. The van der Waals surface area contributed by atoms with E-state index < -0.39 is 0 Å². The van der Waals surface area contributed by atoms with Crippen molar-refractivity contribution >= 4 is 11.6 Å². The number of nitrogens with zero attached hydrogens (tertiary/aromatic N) is 1. The Hall–Kier alpha value is -2.10. The minimum Gasteiger partial charge on any atom is -0.326 e. The van der Waals surface area contributed by atoms with Crippen LogP contribution < -0.4 is 5.32 Å². The zero-order valence-electron chi connectivity index (χ0n) is 11.5. The molecular weight excluding hydrogens is 238 g/mol. The van der Waals surface area contributed by atoms with Gasteiger partial charge in [0.25, 0.3) is 0 Å². The number of benzene rings is 1. The van der Waals surface area contributed by atoms with Gasteiger partial charge in [-0.3, -0.25) is 9.89 Å². The second-order valence-electron chi connectivity index (χ2n) is 5.63. The van der Waals surface area contributed by atoms with Gasteiger partial charge in [-0.2, -0.15) is 5.10 Å². The number of amides is 1. The van der Waals surface area contributed by atoms with Gasteiger partial charge in [0.2, 0.25) is 5.91 Å². The molecule has 1 heterocycles. The largest absolute Gasteiger partial charge is 0.326 e. The molecule has 0 aliphatic heterocycles. The Kier molecular flexibility index (Phi) is 3.69. The maximum atomic E-state index is 11.8. The zero-order chi connectivity index (χ0) is 13.9. The number of hydrogen-bond donors (Lipinski definition) is 2. The average molecular weight is 257 g/mol. The van der Waals surface area contributed by atoms with Crippen molar-refractivity contribution in [1.29, 1.82) is 0 Å². The highest BCUT2D eigenvalue weighted by atomic mass is 16.1. The molecule has 2 rings (SSSR count). The van der Waals surface area contributed by atoms with Gasteiger partial charge in [0.15, 0.2) is 0 Å². The summed E-state index contributed by atoms with van der Waals surface area (Å²) in [5.41, 5.74) is 3.00. The molecular formula is C15H19N3O. The third-order valence-corrected chi connectivity index (χ3v) is 2.94. The standard InChI is InChI=1S/C15H19N3O/c1-15(2,3)11-4-6-12(7-5-11)17-14(19)10-13-8-9-16-18-13/h4-9H,10H2,1-3H3,(H,16,18)(H,17,19). The number of carbonyl (C=O) groups is 1. The molecule has 0 aliphatic rings. The van der Waals surface area contributed by atoms with Crippen LogP contribution in [0.15, 0.2) is 36.5 Å². The van der Waals surface area contributed by atoms with Gasteiger partial charge in [0, 0.05) is 17.6 Å². The van der Waals surface area contributed by atoms with Crippen LogP contribution in [0.5, 0.6) is 0 Å². The summed E-state index contributed by atoms with van der Waals surface area (Å²) in [6.45, 7) is 6.50. The maximum absolute atomic E-state index is 11.8. The molecule has 0 atom stereocenters. The quantitative estimate of drug-likeness (QED) is 0.888. The van der Waals surface area contributed by atoms with Crippen LogP contribution in [0.3, 0.4) is 0 Å². The number of H-pyrrole nitrogens is 1. The van der Waals surface area contributed by atoms with Crippen LogP contribution in [0.25, 0.3) is 0 Å². The minimum absolute atomic E-state index is 0.0484. The molecule has 19 heavy (non-hydrogen) atoms. The topological polar surface area (TPSA) is 57.8 Å². The summed E-state index contributed by atoms with van der Waals surface area (Å²) >= 11 is 0. The van der Waals surface area contributed by atoms with Gasteiger partial charge >= 0.3 is 0 Å². The highest BCUT2D eigenvalue weighted by Gasteiger charge is 2.13. The van der Waals surface area contributed by atoms with E-state index >= 15 is 0 Å². The Morgan fingerprint density at radius 3 is 2.42 bits per heavy atom. The molecule has 1 aromatic carbocycles. The van der Waals surface area contributed by atoms with Crippen molar-refractivity contribution in [2.24, 2.45) is 0 Å². The fraction of sp³-hybridized carbons (Fsp3) is 0.333. The van der Waals surface area contributed by atoms with Crippen molar-refractivity contribution in [3.8, 4) is 0 Å². The van der Waals surface area contributed by atoms with Gasteiger partial charge in [-0.1, -0.05) is 32.9 Å². The molecule has 0 radical (unpaired) electrons. The van der Waals surface area contributed by atoms with E-state index in [1.807, 2.05) is 24.3 Å². The van der Waals surface area contributed by atoms with E-state index in [-0.39, 0.29) is 11.3 Å². The summed E-state index contributed by atoms with van der Waals surface area (Å²) in [4.78, 5) is 11.8. The van der Waals surface area contributed by atoms with Gasteiger partial charge in [-0.15, -0.1) is 0 Å². The van der Waals surface area contributed by atoms with E-state index in [9.17, 15) is 4.79 Å². The summed E-state index contributed by atoms with van der Waals surface area (Å²) in [7, 11) is 0. The lowest BCUT2D eigenvalue weighted by Gasteiger charge is -2.19. The summed E-state index contributed by atoms with van der Waals surface area (Å²) in [5, 5.41) is 9.46. The first-order valence-corrected chi connectivity index (χ1v) is 6.34. The molecule has 0 unspecified atom stereocenters. The van der Waals surface area contributed by atoms with Crippen molar-refractivity contribution in [2.75, 3.05) is 5.32 Å². The van der Waals surface area contributed by atoms with Crippen LogP contribution in [0.2, 0.25) is 0 Å². The lowest BCUT2D eigenvalue weighted by molar-refractivity contribution is -0.115. The SMILES string of the molecule is CC(C)(C)c1ccc(NC(=O)Cc2ccn[nH]2)cc1. The third kappa shape index (κ3) is 3.68. The predicted octanol–water partition coefficient (Wildman–Crippen LogP) is 2.89. The van der Waals surface area contributed by atoms with E-state index in [0.717, 1.165) is 11.4 Å². The Bertz CT molecular complexity index is 536. The van der Waals surface area contributed by atoms with Crippen LogP contribution in [-0.4, -0.2) is 16.1 Å². The molecule has 0 spiro atoms. The van der Waals surface area contributed by atoms with Crippen molar-refractivity contribution in [3.63, 3.8) is 0 Å². The van der Waals surface area contributed by atoms with E-state index in [1.165, 1.54) is 5.56 Å². The molecule has 1 aromatic heterocycles. The van der Waals surface area contributed by atoms with Crippen molar-refractivity contribution in [1.82, 2.24) is 10.2 Å². The smallest absolute Gasteiger partial charge is 0.230 e. The molecule has 4 heteroatoms. The van der Waals surface area contributed by atoms with Gasteiger partial charge in [0.1, 0.15) is 0 Å². The van der Waals surface area contributed by atoms with Crippen molar-refractivity contribution < 1.29 is 4.79 Å². The lowest BCUT2D eigenvalue weighted by atomic mass is 9.87. The Morgan fingerprint density at radius 1 is 1.21 bits per heavy atom. The van der Waals surface area contributed by atoms with Gasteiger partial charge < -0.3 is 5.32 Å². The van der Waals surface area contributed by atoms with E-state index in [4.69, 9.17) is 0 Å². The van der Waals surface area contributed by atoms with Crippen LogP contribution in [-0.2, 0) is 16.6 Å².